The normalized spacial score (nSPS) is 11.0. The van der Waals surface area contributed by atoms with E-state index in [1.165, 1.54) is 10.9 Å². The predicted octanol–water partition coefficient (Wildman–Crippen LogP) is 3.00. The Hall–Kier alpha value is -2.93. The van der Waals surface area contributed by atoms with Crippen LogP contribution in [0.2, 0.25) is 0 Å². The van der Waals surface area contributed by atoms with Gasteiger partial charge in [-0.3, -0.25) is 14.7 Å². The van der Waals surface area contributed by atoms with Gasteiger partial charge < -0.3 is 0 Å². The van der Waals surface area contributed by atoms with E-state index in [0.29, 0.717) is 16.8 Å². The number of aromatic nitrogens is 2. The molecule has 6 nitrogen and oxygen atoms in total. The number of carbonyl (C=O) groups is 1. The second kappa shape index (κ2) is 7.31. The van der Waals surface area contributed by atoms with E-state index >= 15 is 0 Å². The first-order valence-corrected chi connectivity index (χ1v) is 8.31. The minimum absolute atomic E-state index is 0.231. The Morgan fingerprint density at radius 1 is 1.16 bits per heavy atom. The summed E-state index contributed by atoms with van der Waals surface area (Å²) in [5.41, 5.74) is 4.45. The smallest absolute Gasteiger partial charge is 0.280 e. The van der Waals surface area contributed by atoms with Gasteiger partial charge in [0, 0.05) is 15.7 Å². The summed E-state index contributed by atoms with van der Waals surface area (Å²) in [6, 6.07) is 16.1. The van der Waals surface area contributed by atoms with Gasteiger partial charge in [0.15, 0.2) is 0 Å². The second-order valence-electron chi connectivity index (χ2n) is 5.33. The topological polar surface area (TPSA) is 79.2 Å². The summed E-state index contributed by atoms with van der Waals surface area (Å²) in [4.78, 5) is 24.5. The number of benzene rings is 2. The standard InChI is InChI=1S/C18H15BrN4O2/c1-12-16(18(25)23(22-12)15-5-3-2-4-6-15)11-20-21-17(24)13-7-9-14(19)10-8-13/h2-11,22H,1H3,(H,21,24). The maximum atomic E-state index is 12.5. The molecule has 2 N–H and O–H groups in total. The van der Waals surface area contributed by atoms with Crippen LogP contribution < -0.4 is 11.0 Å². The molecule has 1 amide bonds. The van der Waals surface area contributed by atoms with Crippen molar-refractivity contribution in [2.24, 2.45) is 5.10 Å². The molecule has 2 aromatic carbocycles. The summed E-state index contributed by atoms with van der Waals surface area (Å²) >= 11 is 3.31. The van der Waals surface area contributed by atoms with Crippen molar-refractivity contribution in [2.75, 3.05) is 0 Å². The van der Waals surface area contributed by atoms with Gasteiger partial charge >= 0.3 is 0 Å². The van der Waals surface area contributed by atoms with Gasteiger partial charge in [-0.25, -0.2) is 10.1 Å². The number of halogens is 1. The lowest BCUT2D eigenvalue weighted by atomic mass is 10.2. The monoisotopic (exact) mass is 398 g/mol. The second-order valence-corrected chi connectivity index (χ2v) is 6.25. The minimum Gasteiger partial charge on any atom is -0.295 e. The van der Waals surface area contributed by atoms with E-state index in [4.69, 9.17) is 0 Å². The van der Waals surface area contributed by atoms with E-state index in [2.05, 4.69) is 31.6 Å². The number of hydrazone groups is 1. The molecule has 0 aliphatic rings. The number of nitrogens with one attached hydrogen (secondary N) is 2. The fraction of sp³-hybridized carbons (Fsp3) is 0.0556. The highest BCUT2D eigenvalue weighted by Crippen LogP contribution is 2.10. The first-order valence-electron chi connectivity index (χ1n) is 7.52. The van der Waals surface area contributed by atoms with Gasteiger partial charge in [0.05, 0.1) is 17.5 Å². The van der Waals surface area contributed by atoms with Crippen molar-refractivity contribution in [1.29, 1.82) is 0 Å². The highest BCUT2D eigenvalue weighted by atomic mass is 79.9. The quantitative estimate of drug-likeness (QED) is 0.523. The van der Waals surface area contributed by atoms with E-state index in [0.717, 1.165) is 10.2 Å². The van der Waals surface area contributed by atoms with E-state index in [1.807, 2.05) is 30.3 Å². The molecule has 126 valence electrons. The Morgan fingerprint density at radius 2 is 1.84 bits per heavy atom. The zero-order valence-electron chi connectivity index (χ0n) is 13.4. The van der Waals surface area contributed by atoms with Crippen molar-refractivity contribution in [3.8, 4) is 5.69 Å². The molecule has 0 unspecified atom stereocenters. The van der Waals surface area contributed by atoms with Crippen LogP contribution in [-0.2, 0) is 0 Å². The van der Waals surface area contributed by atoms with Crippen LogP contribution in [0.1, 0.15) is 21.6 Å². The average Bonchev–Trinajstić information content (AvgIpc) is 2.91. The van der Waals surface area contributed by atoms with Crippen LogP contribution in [0.3, 0.4) is 0 Å². The summed E-state index contributed by atoms with van der Waals surface area (Å²) in [6.07, 6.45) is 1.35. The van der Waals surface area contributed by atoms with Crippen LogP contribution >= 0.6 is 15.9 Å². The van der Waals surface area contributed by atoms with Crippen molar-refractivity contribution in [3.63, 3.8) is 0 Å². The molecule has 0 aliphatic heterocycles. The predicted molar refractivity (Wildman–Crippen MR) is 100 cm³/mol. The Kier molecular flexibility index (Phi) is 4.95. The van der Waals surface area contributed by atoms with Crippen LogP contribution in [0, 0.1) is 6.92 Å². The molecule has 0 spiro atoms. The first kappa shape index (κ1) is 16.9. The summed E-state index contributed by atoms with van der Waals surface area (Å²) in [7, 11) is 0. The molecule has 3 aromatic rings. The molecule has 1 aromatic heterocycles. The van der Waals surface area contributed by atoms with Gasteiger partial charge in [-0.15, -0.1) is 0 Å². The number of aryl methyl sites for hydroxylation is 1. The molecule has 3 rings (SSSR count). The van der Waals surface area contributed by atoms with Crippen molar-refractivity contribution in [2.45, 2.75) is 6.92 Å². The Bertz CT molecular complexity index is 973. The largest absolute Gasteiger partial charge is 0.295 e. The molecule has 0 aliphatic carbocycles. The number of aromatic amines is 1. The number of hydrogen-bond donors (Lipinski definition) is 2. The third kappa shape index (κ3) is 3.77. The summed E-state index contributed by atoms with van der Waals surface area (Å²) in [6.45, 7) is 1.78. The van der Waals surface area contributed by atoms with Crippen molar-refractivity contribution in [1.82, 2.24) is 15.2 Å². The molecule has 1 heterocycles. The van der Waals surface area contributed by atoms with E-state index in [-0.39, 0.29) is 11.5 Å². The molecule has 0 saturated heterocycles. The zero-order chi connectivity index (χ0) is 17.8. The van der Waals surface area contributed by atoms with Crippen LogP contribution in [0.15, 0.2) is 69.0 Å². The molecule has 0 atom stereocenters. The SMILES string of the molecule is Cc1[nH]n(-c2ccccc2)c(=O)c1C=NNC(=O)c1ccc(Br)cc1. The van der Waals surface area contributed by atoms with Gasteiger partial charge in [-0.2, -0.15) is 5.10 Å². The summed E-state index contributed by atoms with van der Waals surface area (Å²) in [5.74, 6) is -0.347. The summed E-state index contributed by atoms with van der Waals surface area (Å²) < 4.78 is 2.32. The molecule has 25 heavy (non-hydrogen) atoms. The van der Waals surface area contributed by atoms with Crippen molar-refractivity contribution < 1.29 is 4.79 Å². The van der Waals surface area contributed by atoms with E-state index in [9.17, 15) is 9.59 Å². The fourth-order valence-electron chi connectivity index (χ4n) is 2.29. The maximum absolute atomic E-state index is 12.5. The van der Waals surface area contributed by atoms with Crippen LogP contribution in [0.5, 0.6) is 0 Å². The number of amides is 1. The molecule has 0 saturated carbocycles. The fourth-order valence-corrected chi connectivity index (χ4v) is 2.56. The maximum Gasteiger partial charge on any atom is 0.280 e. The number of carbonyl (C=O) groups excluding carboxylic acids is 1. The number of rotatable bonds is 4. The van der Waals surface area contributed by atoms with Crippen LogP contribution in [0.4, 0.5) is 0 Å². The lowest BCUT2D eigenvalue weighted by Crippen LogP contribution is -2.20. The Labute approximate surface area is 152 Å². The lowest BCUT2D eigenvalue weighted by molar-refractivity contribution is 0.0955. The zero-order valence-corrected chi connectivity index (χ0v) is 14.9. The van der Waals surface area contributed by atoms with Gasteiger partial charge in [-0.1, -0.05) is 34.1 Å². The number of para-hydroxylation sites is 1. The first-order chi connectivity index (χ1) is 12.1. The number of H-pyrrole nitrogens is 1. The molecule has 0 bridgehead atoms. The van der Waals surface area contributed by atoms with Crippen molar-refractivity contribution >= 4 is 28.1 Å². The molecular formula is C18H15BrN4O2. The van der Waals surface area contributed by atoms with Crippen LogP contribution in [-0.4, -0.2) is 21.9 Å². The van der Waals surface area contributed by atoms with E-state index in [1.54, 1.807) is 31.2 Å². The highest BCUT2D eigenvalue weighted by Gasteiger charge is 2.10. The molecule has 7 heteroatoms. The average molecular weight is 399 g/mol. The molecular weight excluding hydrogens is 384 g/mol. The number of nitrogens with zero attached hydrogens (tertiary/aromatic N) is 2. The summed E-state index contributed by atoms with van der Waals surface area (Å²) in [5, 5.41) is 6.90. The number of hydrogen-bond acceptors (Lipinski definition) is 3. The third-order valence-electron chi connectivity index (χ3n) is 3.60. The Balaban J connectivity index is 1.78. The van der Waals surface area contributed by atoms with E-state index < -0.39 is 0 Å². The van der Waals surface area contributed by atoms with Crippen LogP contribution in [0.25, 0.3) is 5.69 Å². The Morgan fingerprint density at radius 3 is 2.52 bits per heavy atom. The van der Waals surface area contributed by atoms with Gasteiger partial charge in [0.1, 0.15) is 0 Å². The van der Waals surface area contributed by atoms with Gasteiger partial charge in [0.2, 0.25) is 0 Å². The molecule has 0 fully saturated rings. The molecule has 0 radical (unpaired) electrons. The highest BCUT2D eigenvalue weighted by molar-refractivity contribution is 9.10. The van der Waals surface area contributed by atoms with Crippen molar-refractivity contribution in [3.05, 3.63) is 86.2 Å². The van der Waals surface area contributed by atoms with Gasteiger partial charge in [-0.05, 0) is 43.3 Å². The third-order valence-corrected chi connectivity index (χ3v) is 4.13. The van der Waals surface area contributed by atoms with Gasteiger partial charge in [0.25, 0.3) is 11.5 Å². The lowest BCUT2D eigenvalue weighted by Gasteiger charge is -1.99. The minimum atomic E-state index is -0.347.